The van der Waals surface area contributed by atoms with Gasteiger partial charge in [-0.3, -0.25) is 4.79 Å². The Balaban J connectivity index is 1.25. The summed E-state index contributed by atoms with van der Waals surface area (Å²) in [4.78, 5) is 26.6. The minimum Gasteiger partial charge on any atom is -0.461 e. The first-order valence-corrected chi connectivity index (χ1v) is 17.3. The third-order valence-electron chi connectivity index (χ3n) is 9.62. The number of esters is 2. The van der Waals surface area contributed by atoms with E-state index in [9.17, 15) is 14.7 Å². The summed E-state index contributed by atoms with van der Waals surface area (Å²) >= 11 is 0. The van der Waals surface area contributed by atoms with Gasteiger partial charge in [-0.15, -0.1) is 0 Å². The lowest BCUT2D eigenvalue weighted by molar-refractivity contribution is -0.173. The number of carbonyl (C=O) groups is 2. The van der Waals surface area contributed by atoms with E-state index >= 15 is 0 Å². The molecule has 2 aliphatic rings. The summed E-state index contributed by atoms with van der Waals surface area (Å²) in [7, 11) is 0. The first-order chi connectivity index (χ1) is 22.5. The fourth-order valence-corrected chi connectivity index (χ4v) is 7.25. The third kappa shape index (κ3) is 8.76. The quantitative estimate of drug-likeness (QED) is 0.122. The molecular weight excluding hydrogens is 588 g/mol. The molecule has 0 unspecified atom stereocenters. The van der Waals surface area contributed by atoms with Crippen molar-refractivity contribution in [2.75, 3.05) is 13.2 Å². The highest BCUT2D eigenvalue weighted by Gasteiger charge is 2.48. The van der Waals surface area contributed by atoms with Crippen LogP contribution in [0.5, 0.6) is 0 Å². The molecule has 1 atom stereocenters. The fraction of sp³-hybridized carbons (Fsp3) is 0.512. The van der Waals surface area contributed by atoms with Crippen LogP contribution in [0.2, 0.25) is 0 Å². The SMILES string of the molecule is Cc1ccc(C#Cc2ccc3oc(CC4(C(=O)OC[C@]5(CO)C/C(=C\CC(CC(C)C)CC(C)C)C(=O)O5)CCCC4)cc3c2)cc1. The Bertz CT molecular complexity index is 1630. The second kappa shape index (κ2) is 14.9. The molecule has 2 heterocycles. The predicted octanol–water partition coefficient (Wildman–Crippen LogP) is 8.49. The van der Waals surface area contributed by atoms with Crippen molar-refractivity contribution in [2.24, 2.45) is 23.2 Å². The Kier molecular flexibility index (Phi) is 11.0. The number of rotatable bonds is 12. The normalized spacial score (nSPS) is 19.9. The van der Waals surface area contributed by atoms with E-state index in [0.717, 1.165) is 60.0 Å². The zero-order chi connectivity index (χ0) is 33.6. The van der Waals surface area contributed by atoms with Gasteiger partial charge in [-0.05, 0) is 93.2 Å². The summed E-state index contributed by atoms with van der Waals surface area (Å²) in [5.74, 6) is 8.08. The van der Waals surface area contributed by atoms with Crippen molar-refractivity contribution in [3.05, 3.63) is 82.6 Å². The molecule has 47 heavy (non-hydrogen) atoms. The average molecular weight is 639 g/mol. The van der Waals surface area contributed by atoms with Crippen LogP contribution in [-0.2, 0) is 25.5 Å². The number of hydrogen-bond acceptors (Lipinski definition) is 6. The molecule has 1 aromatic heterocycles. The Morgan fingerprint density at radius 1 is 0.979 bits per heavy atom. The zero-order valence-corrected chi connectivity index (χ0v) is 28.7. The number of fused-ring (bicyclic) bond motifs is 1. The molecule has 0 amide bonds. The number of hydrogen-bond donors (Lipinski definition) is 1. The molecule has 2 aromatic carbocycles. The number of furan rings is 1. The van der Waals surface area contributed by atoms with Gasteiger partial charge in [0.25, 0.3) is 0 Å². The topological polar surface area (TPSA) is 86.0 Å². The molecule has 0 bridgehead atoms. The summed E-state index contributed by atoms with van der Waals surface area (Å²) < 4.78 is 17.8. The van der Waals surface area contributed by atoms with Gasteiger partial charge in [0.2, 0.25) is 0 Å². The maximum atomic E-state index is 13.8. The van der Waals surface area contributed by atoms with E-state index < -0.39 is 23.6 Å². The zero-order valence-electron chi connectivity index (χ0n) is 28.7. The molecule has 1 aliphatic carbocycles. The number of allylic oxidation sites excluding steroid dienone is 1. The second-order valence-electron chi connectivity index (χ2n) is 14.8. The molecule has 2 fully saturated rings. The van der Waals surface area contributed by atoms with Gasteiger partial charge in [0, 0.05) is 34.9 Å². The summed E-state index contributed by atoms with van der Waals surface area (Å²) in [5.41, 5.74) is 2.40. The van der Waals surface area contributed by atoms with Crippen LogP contribution in [0.4, 0.5) is 0 Å². The molecule has 6 heteroatoms. The second-order valence-corrected chi connectivity index (χ2v) is 14.8. The lowest BCUT2D eigenvalue weighted by Gasteiger charge is -2.29. The third-order valence-corrected chi connectivity index (χ3v) is 9.62. The van der Waals surface area contributed by atoms with Crippen molar-refractivity contribution >= 4 is 22.9 Å². The van der Waals surface area contributed by atoms with E-state index in [4.69, 9.17) is 13.9 Å². The maximum Gasteiger partial charge on any atom is 0.334 e. The summed E-state index contributed by atoms with van der Waals surface area (Å²) in [6, 6.07) is 16.0. The Morgan fingerprint density at radius 3 is 2.30 bits per heavy atom. The van der Waals surface area contributed by atoms with Crippen LogP contribution in [0.15, 0.2) is 64.6 Å². The van der Waals surface area contributed by atoms with Gasteiger partial charge in [-0.25, -0.2) is 4.79 Å². The molecule has 1 N–H and O–H groups in total. The predicted molar refractivity (Wildman–Crippen MR) is 185 cm³/mol. The number of ether oxygens (including phenoxy) is 2. The van der Waals surface area contributed by atoms with Gasteiger partial charge in [0.05, 0.1) is 12.0 Å². The smallest absolute Gasteiger partial charge is 0.334 e. The van der Waals surface area contributed by atoms with Crippen molar-refractivity contribution in [1.29, 1.82) is 0 Å². The van der Waals surface area contributed by atoms with E-state index in [1.807, 2.05) is 42.5 Å². The fourth-order valence-electron chi connectivity index (χ4n) is 7.25. The van der Waals surface area contributed by atoms with Gasteiger partial charge in [0.1, 0.15) is 18.0 Å². The molecular formula is C41H50O6. The van der Waals surface area contributed by atoms with E-state index in [2.05, 4.69) is 58.6 Å². The molecule has 0 spiro atoms. The lowest BCUT2D eigenvalue weighted by atomic mass is 9.81. The lowest BCUT2D eigenvalue weighted by Crippen LogP contribution is -2.42. The highest BCUT2D eigenvalue weighted by Crippen LogP contribution is 2.44. The van der Waals surface area contributed by atoms with E-state index in [0.29, 0.717) is 42.6 Å². The van der Waals surface area contributed by atoms with Crippen LogP contribution in [0, 0.1) is 41.9 Å². The number of carbonyl (C=O) groups excluding carboxylic acids is 2. The average Bonchev–Trinajstić information content (AvgIpc) is 3.75. The van der Waals surface area contributed by atoms with Crippen molar-refractivity contribution in [2.45, 2.75) is 98.0 Å². The molecule has 6 nitrogen and oxygen atoms in total. The van der Waals surface area contributed by atoms with Gasteiger partial charge in [0.15, 0.2) is 5.60 Å². The molecule has 1 saturated carbocycles. The standard InChI is InChI=1S/C41H50O6/c1-28(2)20-33(21-29(3)4)14-16-34-24-41(26-42,47-38(34)43)27-45-39(44)40(18-6-7-19-40)25-36-23-35-22-32(15-17-37(35)46-36)13-12-31-10-8-30(5)9-11-31/h8-11,15-17,22-23,28-29,33,42H,6-7,14,18-21,24-27H2,1-5H3/b34-16+/t41-/m1/s1. The van der Waals surface area contributed by atoms with Crippen molar-refractivity contribution in [3.8, 4) is 11.8 Å². The number of cyclic esters (lactones) is 1. The Hall–Kier alpha value is -3.82. The first-order valence-electron chi connectivity index (χ1n) is 17.3. The molecule has 250 valence electrons. The summed E-state index contributed by atoms with van der Waals surface area (Å²) in [5, 5.41) is 11.3. The Labute approximate surface area is 279 Å². The van der Waals surface area contributed by atoms with Crippen molar-refractivity contribution in [1.82, 2.24) is 0 Å². The number of aliphatic hydroxyl groups excluding tert-OH is 1. The summed E-state index contributed by atoms with van der Waals surface area (Å²) in [6.45, 7) is 10.4. The molecule has 5 rings (SSSR count). The molecule has 0 radical (unpaired) electrons. The van der Waals surface area contributed by atoms with Gasteiger partial charge < -0.3 is 19.0 Å². The summed E-state index contributed by atoms with van der Waals surface area (Å²) in [6.07, 6.45) is 8.86. The van der Waals surface area contributed by atoms with Crippen molar-refractivity contribution in [3.63, 3.8) is 0 Å². The van der Waals surface area contributed by atoms with Crippen molar-refractivity contribution < 1.29 is 28.6 Å². The molecule has 3 aromatic rings. The number of aliphatic hydroxyl groups is 1. The van der Waals surface area contributed by atoms with Gasteiger partial charge in [-0.1, -0.05) is 76.1 Å². The highest BCUT2D eigenvalue weighted by atomic mass is 16.6. The van der Waals surface area contributed by atoms with Crippen LogP contribution in [-0.4, -0.2) is 35.9 Å². The van der Waals surface area contributed by atoms with Crippen LogP contribution in [0.25, 0.3) is 11.0 Å². The van der Waals surface area contributed by atoms with E-state index in [-0.39, 0.29) is 19.0 Å². The maximum absolute atomic E-state index is 13.8. The largest absolute Gasteiger partial charge is 0.461 e. The van der Waals surface area contributed by atoms with Gasteiger partial charge in [-0.2, -0.15) is 0 Å². The van der Waals surface area contributed by atoms with E-state index in [1.165, 1.54) is 5.56 Å². The Morgan fingerprint density at radius 2 is 1.64 bits per heavy atom. The highest BCUT2D eigenvalue weighted by molar-refractivity contribution is 5.91. The van der Waals surface area contributed by atoms with Gasteiger partial charge >= 0.3 is 11.9 Å². The molecule has 1 saturated heterocycles. The minimum atomic E-state index is -1.25. The van der Waals surface area contributed by atoms with E-state index in [1.54, 1.807) is 0 Å². The monoisotopic (exact) mass is 638 g/mol. The van der Waals surface area contributed by atoms with Crippen LogP contribution in [0.1, 0.15) is 102 Å². The van der Waals surface area contributed by atoms with Crippen LogP contribution < -0.4 is 0 Å². The number of aryl methyl sites for hydroxylation is 1. The minimum absolute atomic E-state index is 0.169. The first kappa shape index (κ1) is 34.5. The molecule has 1 aliphatic heterocycles. The van der Waals surface area contributed by atoms with Crippen LogP contribution in [0.3, 0.4) is 0 Å². The van der Waals surface area contributed by atoms with Crippen LogP contribution >= 0.6 is 0 Å². The number of benzene rings is 2.